The Hall–Kier alpha value is -0.220. The Morgan fingerprint density at radius 2 is 2.06 bits per heavy atom. The van der Waals surface area contributed by atoms with E-state index in [2.05, 4.69) is 12.2 Å². The summed E-state index contributed by atoms with van der Waals surface area (Å²) in [6, 6.07) is 0.365. The van der Waals surface area contributed by atoms with E-state index in [4.69, 9.17) is 5.73 Å². The second kappa shape index (κ2) is 6.29. The highest BCUT2D eigenvalue weighted by Gasteiger charge is 2.37. The third-order valence-corrected chi connectivity index (χ3v) is 5.55. The van der Waals surface area contributed by atoms with Crippen LogP contribution in [0.15, 0.2) is 0 Å². The van der Waals surface area contributed by atoms with Gasteiger partial charge in [0.25, 0.3) is 0 Å². The fourth-order valence-electron chi connectivity index (χ4n) is 3.20. The van der Waals surface area contributed by atoms with E-state index in [1.807, 2.05) is 11.8 Å². The smallest absolute Gasteiger partial charge is 0.240 e. The van der Waals surface area contributed by atoms with Crippen molar-refractivity contribution < 1.29 is 4.79 Å². The zero-order chi connectivity index (χ0) is 13.0. The largest absolute Gasteiger partial charge is 0.352 e. The van der Waals surface area contributed by atoms with Gasteiger partial charge in [-0.25, -0.2) is 0 Å². The van der Waals surface area contributed by atoms with Gasteiger partial charge in [0.05, 0.1) is 5.54 Å². The standard InChI is InChI=1S/C14H26N2OS/c1-2-18-12-7-6-11(10-12)16-13(17)14(15)8-4-3-5-9-14/h11-12H,2-10,15H2,1H3,(H,16,17). The molecule has 2 fully saturated rings. The van der Waals surface area contributed by atoms with Crippen LogP contribution in [0.25, 0.3) is 0 Å². The van der Waals surface area contributed by atoms with Crippen molar-refractivity contribution in [2.24, 2.45) is 5.73 Å². The van der Waals surface area contributed by atoms with Crippen LogP contribution in [0.1, 0.15) is 58.3 Å². The minimum atomic E-state index is -0.575. The summed E-state index contributed by atoms with van der Waals surface area (Å²) in [5.41, 5.74) is 5.68. The van der Waals surface area contributed by atoms with Gasteiger partial charge in [0.15, 0.2) is 0 Å². The molecule has 104 valence electrons. The molecule has 2 aliphatic carbocycles. The van der Waals surface area contributed by atoms with Crippen molar-refractivity contribution in [1.29, 1.82) is 0 Å². The van der Waals surface area contributed by atoms with E-state index in [0.29, 0.717) is 6.04 Å². The summed E-state index contributed by atoms with van der Waals surface area (Å²) in [6.45, 7) is 2.20. The summed E-state index contributed by atoms with van der Waals surface area (Å²) in [7, 11) is 0. The van der Waals surface area contributed by atoms with Gasteiger partial charge in [-0.3, -0.25) is 4.79 Å². The Morgan fingerprint density at radius 1 is 1.33 bits per heavy atom. The quantitative estimate of drug-likeness (QED) is 0.825. The minimum absolute atomic E-state index is 0.106. The molecule has 0 radical (unpaired) electrons. The summed E-state index contributed by atoms with van der Waals surface area (Å²) in [4.78, 5) is 12.3. The van der Waals surface area contributed by atoms with Crippen molar-refractivity contribution in [3.05, 3.63) is 0 Å². The molecule has 2 atom stereocenters. The van der Waals surface area contributed by atoms with E-state index in [9.17, 15) is 4.79 Å². The monoisotopic (exact) mass is 270 g/mol. The zero-order valence-corrected chi connectivity index (χ0v) is 12.2. The van der Waals surface area contributed by atoms with Crippen LogP contribution in [0.5, 0.6) is 0 Å². The van der Waals surface area contributed by atoms with Crippen molar-refractivity contribution in [3.63, 3.8) is 0 Å². The lowest BCUT2D eigenvalue weighted by atomic mass is 9.81. The lowest BCUT2D eigenvalue weighted by Crippen LogP contribution is -2.56. The highest BCUT2D eigenvalue weighted by Crippen LogP contribution is 2.31. The molecule has 0 aromatic rings. The van der Waals surface area contributed by atoms with E-state index in [-0.39, 0.29) is 5.91 Å². The maximum atomic E-state index is 12.3. The summed E-state index contributed by atoms with van der Waals surface area (Å²) in [5, 5.41) is 3.94. The number of carbonyl (C=O) groups excluding carboxylic acids is 1. The van der Waals surface area contributed by atoms with Gasteiger partial charge >= 0.3 is 0 Å². The number of nitrogens with one attached hydrogen (secondary N) is 1. The first kappa shape index (κ1) is 14.2. The van der Waals surface area contributed by atoms with Crippen LogP contribution >= 0.6 is 11.8 Å². The van der Waals surface area contributed by atoms with E-state index < -0.39 is 5.54 Å². The van der Waals surface area contributed by atoms with Crippen LogP contribution in [0.2, 0.25) is 0 Å². The highest BCUT2D eigenvalue weighted by molar-refractivity contribution is 7.99. The van der Waals surface area contributed by atoms with Crippen molar-refractivity contribution in [3.8, 4) is 0 Å². The van der Waals surface area contributed by atoms with Gasteiger partial charge in [0.1, 0.15) is 0 Å². The predicted octanol–water partition coefficient (Wildman–Crippen LogP) is 2.44. The van der Waals surface area contributed by atoms with Crippen molar-refractivity contribution in [2.75, 3.05) is 5.75 Å². The van der Waals surface area contributed by atoms with E-state index in [1.165, 1.54) is 18.6 Å². The summed E-state index contributed by atoms with van der Waals surface area (Å²) in [6.07, 6.45) is 8.63. The Kier molecular flexibility index (Phi) is 4.96. The fourth-order valence-corrected chi connectivity index (χ4v) is 4.34. The lowest BCUT2D eigenvalue weighted by Gasteiger charge is -2.33. The molecule has 3 nitrogen and oxygen atoms in total. The zero-order valence-electron chi connectivity index (χ0n) is 11.4. The van der Waals surface area contributed by atoms with E-state index in [1.54, 1.807) is 0 Å². The number of hydrogen-bond donors (Lipinski definition) is 2. The second-order valence-corrected chi connectivity index (χ2v) is 7.35. The third-order valence-electron chi connectivity index (χ3n) is 4.32. The fraction of sp³-hybridized carbons (Fsp3) is 0.929. The molecule has 0 aromatic heterocycles. The maximum absolute atomic E-state index is 12.3. The molecule has 18 heavy (non-hydrogen) atoms. The van der Waals surface area contributed by atoms with E-state index >= 15 is 0 Å². The Morgan fingerprint density at radius 3 is 2.72 bits per heavy atom. The molecule has 2 unspecified atom stereocenters. The first-order valence-corrected chi connectivity index (χ1v) is 8.40. The van der Waals surface area contributed by atoms with E-state index in [0.717, 1.165) is 43.8 Å². The van der Waals surface area contributed by atoms with Gasteiger partial charge in [0.2, 0.25) is 5.91 Å². The average Bonchev–Trinajstić information content (AvgIpc) is 2.78. The van der Waals surface area contributed by atoms with Gasteiger partial charge in [-0.1, -0.05) is 26.2 Å². The van der Waals surface area contributed by atoms with Gasteiger partial charge in [-0.15, -0.1) is 0 Å². The van der Waals surface area contributed by atoms with Gasteiger partial charge < -0.3 is 11.1 Å². The van der Waals surface area contributed by atoms with Gasteiger partial charge in [0, 0.05) is 11.3 Å². The molecule has 0 heterocycles. The molecule has 1 amide bonds. The topological polar surface area (TPSA) is 55.1 Å². The van der Waals surface area contributed by atoms with Crippen molar-refractivity contribution in [2.45, 2.75) is 75.1 Å². The second-order valence-electron chi connectivity index (χ2n) is 5.78. The molecule has 0 spiro atoms. The molecule has 2 aliphatic rings. The average molecular weight is 270 g/mol. The number of carbonyl (C=O) groups is 1. The van der Waals surface area contributed by atoms with Crippen molar-refractivity contribution in [1.82, 2.24) is 5.32 Å². The molecule has 0 aliphatic heterocycles. The SMILES string of the molecule is CCSC1CCC(NC(=O)C2(N)CCCCC2)C1. The van der Waals surface area contributed by atoms with Crippen molar-refractivity contribution >= 4 is 17.7 Å². The molecular formula is C14H26N2OS. The minimum Gasteiger partial charge on any atom is -0.352 e. The van der Waals surface area contributed by atoms with Crippen LogP contribution in [0.4, 0.5) is 0 Å². The lowest BCUT2D eigenvalue weighted by molar-refractivity contribution is -0.128. The number of amides is 1. The summed E-state index contributed by atoms with van der Waals surface area (Å²) < 4.78 is 0. The normalized spacial score (nSPS) is 31.2. The number of nitrogens with two attached hydrogens (primary N) is 1. The number of hydrogen-bond acceptors (Lipinski definition) is 3. The van der Waals surface area contributed by atoms with Crippen LogP contribution < -0.4 is 11.1 Å². The maximum Gasteiger partial charge on any atom is 0.240 e. The Balaban J connectivity index is 1.81. The summed E-state index contributed by atoms with van der Waals surface area (Å²) in [5.74, 6) is 1.28. The first-order valence-electron chi connectivity index (χ1n) is 7.35. The molecule has 0 saturated heterocycles. The summed E-state index contributed by atoms with van der Waals surface area (Å²) >= 11 is 2.02. The molecule has 4 heteroatoms. The van der Waals surface area contributed by atoms with Crippen LogP contribution in [-0.2, 0) is 4.79 Å². The Labute approximate surface area is 115 Å². The molecule has 0 aromatic carbocycles. The molecule has 2 rings (SSSR count). The molecule has 2 saturated carbocycles. The molecule has 3 N–H and O–H groups in total. The van der Waals surface area contributed by atoms with Gasteiger partial charge in [-0.05, 0) is 37.9 Å². The first-order chi connectivity index (χ1) is 8.64. The highest BCUT2D eigenvalue weighted by atomic mass is 32.2. The third kappa shape index (κ3) is 3.41. The molecule has 0 bridgehead atoms. The number of thioether (sulfide) groups is 1. The van der Waals surface area contributed by atoms with Crippen LogP contribution in [0, 0.1) is 0 Å². The Bertz CT molecular complexity index is 290. The predicted molar refractivity (Wildman–Crippen MR) is 77.7 cm³/mol. The molecular weight excluding hydrogens is 244 g/mol. The van der Waals surface area contributed by atoms with Crippen LogP contribution in [0.3, 0.4) is 0 Å². The van der Waals surface area contributed by atoms with Gasteiger partial charge in [-0.2, -0.15) is 11.8 Å². The number of rotatable bonds is 4. The van der Waals surface area contributed by atoms with Crippen LogP contribution in [-0.4, -0.2) is 28.5 Å².